The zero-order chi connectivity index (χ0) is 17.2. The van der Waals surface area contributed by atoms with E-state index in [1.807, 2.05) is 70.1 Å². The number of carbonyl (C=O) groups is 1. The molecule has 3 heterocycles. The largest absolute Gasteiger partial charge is 0.337 e. The van der Waals surface area contributed by atoms with Gasteiger partial charge in [0.25, 0.3) is 5.91 Å². The molecule has 0 spiro atoms. The minimum Gasteiger partial charge on any atom is -0.337 e. The van der Waals surface area contributed by atoms with Gasteiger partial charge in [0.2, 0.25) is 0 Å². The van der Waals surface area contributed by atoms with E-state index in [0.717, 1.165) is 30.6 Å². The summed E-state index contributed by atoms with van der Waals surface area (Å²) < 4.78 is 3.78. The lowest BCUT2D eigenvalue weighted by atomic mass is 10.0. The van der Waals surface area contributed by atoms with Gasteiger partial charge in [-0.1, -0.05) is 0 Å². The number of amides is 1. The lowest BCUT2D eigenvalue weighted by Gasteiger charge is -2.33. The molecule has 0 bridgehead atoms. The molecule has 6 nitrogen and oxygen atoms in total. The first kappa shape index (κ1) is 15.6. The maximum atomic E-state index is 12.8. The van der Waals surface area contributed by atoms with Crippen LogP contribution in [0.3, 0.4) is 0 Å². The molecule has 1 aliphatic rings. The normalized spacial score (nSPS) is 17.6. The standard InChI is InChI=1S/C19H21N5O/c1-15-12-21-24(13-15)17-7-5-16(6-8-17)19(25)22-10-2-4-18(14-22)23-11-3-9-20-23/h3,5-9,11-13,18H,2,4,10,14H2,1H3/t18-/m0/s1. The monoisotopic (exact) mass is 335 g/mol. The first-order valence-corrected chi connectivity index (χ1v) is 8.61. The van der Waals surface area contributed by atoms with Crippen molar-refractivity contribution in [1.82, 2.24) is 24.5 Å². The predicted octanol–water partition coefficient (Wildman–Crippen LogP) is 2.85. The van der Waals surface area contributed by atoms with Crippen molar-refractivity contribution in [2.75, 3.05) is 13.1 Å². The SMILES string of the molecule is Cc1cnn(-c2ccc(C(=O)N3CCC[C@H](n4cccn4)C3)cc2)c1. The number of hydrogen-bond donors (Lipinski definition) is 0. The molecule has 1 amide bonds. The third kappa shape index (κ3) is 3.20. The Morgan fingerprint density at radius 3 is 2.72 bits per heavy atom. The van der Waals surface area contributed by atoms with Crippen molar-refractivity contribution >= 4 is 5.91 Å². The van der Waals surface area contributed by atoms with E-state index >= 15 is 0 Å². The maximum absolute atomic E-state index is 12.8. The smallest absolute Gasteiger partial charge is 0.253 e. The molecule has 0 N–H and O–H groups in total. The van der Waals surface area contributed by atoms with Crippen LogP contribution in [-0.4, -0.2) is 43.5 Å². The second-order valence-corrected chi connectivity index (χ2v) is 6.54. The summed E-state index contributed by atoms with van der Waals surface area (Å²) >= 11 is 0. The van der Waals surface area contributed by atoms with Crippen molar-refractivity contribution in [2.24, 2.45) is 0 Å². The van der Waals surface area contributed by atoms with Gasteiger partial charge in [-0.15, -0.1) is 0 Å². The molecule has 2 aromatic heterocycles. The summed E-state index contributed by atoms with van der Waals surface area (Å²) in [5.74, 6) is 0.0834. The van der Waals surface area contributed by atoms with E-state index in [2.05, 4.69) is 10.2 Å². The average molecular weight is 335 g/mol. The summed E-state index contributed by atoms with van der Waals surface area (Å²) in [6.45, 7) is 3.52. The van der Waals surface area contributed by atoms with E-state index in [-0.39, 0.29) is 11.9 Å². The molecule has 0 unspecified atom stereocenters. The van der Waals surface area contributed by atoms with Gasteiger partial charge in [0.1, 0.15) is 0 Å². The zero-order valence-corrected chi connectivity index (χ0v) is 14.2. The topological polar surface area (TPSA) is 56.0 Å². The van der Waals surface area contributed by atoms with Crippen LogP contribution in [0.25, 0.3) is 5.69 Å². The van der Waals surface area contributed by atoms with Gasteiger partial charge in [-0.25, -0.2) is 4.68 Å². The fraction of sp³-hybridized carbons (Fsp3) is 0.316. The maximum Gasteiger partial charge on any atom is 0.253 e. The number of carbonyl (C=O) groups excluding carboxylic acids is 1. The average Bonchev–Trinajstić information content (AvgIpc) is 3.33. The Bertz CT molecular complexity index is 850. The van der Waals surface area contributed by atoms with Gasteiger partial charge >= 0.3 is 0 Å². The van der Waals surface area contributed by atoms with Crippen LogP contribution >= 0.6 is 0 Å². The molecule has 0 aliphatic carbocycles. The van der Waals surface area contributed by atoms with Crippen LogP contribution in [0, 0.1) is 6.92 Å². The molecule has 128 valence electrons. The highest BCUT2D eigenvalue weighted by molar-refractivity contribution is 5.94. The van der Waals surface area contributed by atoms with Crippen LogP contribution in [0.1, 0.15) is 34.8 Å². The number of benzene rings is 1. The molecule has 0 radical (unpaired) electrons. The molecule has 0 saturated carbocycles. The van der Waals surface area contributed by atoms with E-state index in [4.69, 9.17) is 0 Å². The molecule has 25 heavy (non-hydrogen) atoms. The third-order valence-electron chi connectivity index (χ3n) is 4.67. The number of aryl methyl sites for hydroxylation is 1. The van der Waals surface area contributed by atoms with E-state index in [9.17, 15) is 4.79 Å². The predicted molar refractivity (Wildman–Crippen MR) is 94.7 cm³/mol. The Morgan fingerprint density at radius 1 is 1.20 bits per heavy atom. The van der Waals surface area contributed by atoms with Gasteiger partial charge in [0.05, 0.1) is 17.9 Å². The molecule has 1 aliphatic heterocycles. The number of aromatic nitrogens is 4. The lowest BCUT2D eigenvalue weighted by Crippen LogP contribution is -2.40. The molecule has 1 atom stereocenters. The lowest BCUT2D eigenvalue weighted by molar-refractivity contribution is 0.0673. The first-order valence-electron chi connectivity index (χ1n) is 8.61. The molecule has 4 rings (SSSR count). The summed E-state index contributed by atoms with van der Waals surface area (Å²) in [6.07, 6.45) is 9.61. The van der Waals surface area contributed by atoms with E-state index in [0.29, 0.717) is 12.1 Å². The third-order valence-corrected chi connectivity index (χ3v) is 4.67. The number of likely N-dealkylation sites (tertiary alicyclic amines) is 1. The van der Waals surface area contributed by atoms with E-state index in [1.54, 1.807) is 6.20 Å². The Kier molecular flexibility index (Phi) is 4.09. The number of nitrogens with zero attached hydrogens (tertiary/aromatic N) is 5. The summed E-state index contributed by atoms with van der Waals surface area (Å²) in [6, 6.07) is 9.83. The van der Waals surface area contributed by atoms with Gasteiger partial charge in [0, 0.05) is 37.2 Å². The minimum atomic E-state index is 0.0834. The van der Waals surface area contributed by atoms with Crippen LogP contribution in [-0.2, 0) is 0 Å². The second-order valence-electron chi connectivity index (χ2n) is 6.54. The highest BCUT2D eigenvalue weighted by atomic mass is 16.2. The Morgan fingerprint density at radius 2 is 2.04 bits per heavy atom. The summed E-state index contributed by atoms with van der Waals surface area (Å²) in [7, 11) is 0. The fourth-order valence-electron chi connectivity index (χ4n) is 3.35. The Balaban J connectivity index is 1.48. The van der Waals surface area contributed by atoms with Gasteiger partial charge in [0.15, 0.2) is 0 Å². The van der Waals surface area contributed by atoms with Crippen molar-refractivity contribution in [3.05, 3.63) is 66.2 Å². The highest BCUT2D eigenvalue weighted by Crippen LogP contribution is 2.22. The first-order chi connectivity index (χ1) is 12.2. The molecular formula is C19H21N5O. The van der Waals surface area contributed by atoms with Crippen LogP contribution in [0.5, 0.6) is 0 Å². The van der Waals surface area contributed by atoms with Crippen molar-refractivity contribution in [1.29, 1.82) is 0 Å². The van der Waals surface area contributed by atoms with E-state index < -0.39 is 0 Å². The fourth-order valence-corrected chi connectivity index (χ4v) is 3.35. The number of rotatable bonds is 3. The van der Waals surface area contributed by atoms with Crippen LogP contribution < -0.4 is 0 Å². The van der Waals surface area contributed by atoms with Gasteiger partial charge in [-0.2, -0.15) is 10.2 Å². The minimum absolute atomic E-state index is 0.0834. The quantitative estimate of drug-likeness (QED) is 0.739. The molecule has 1 aromatic carbocycles. The summed E-state index contributed by atoms with van der Waals surface area (Å²) in [5, 5.41) is 8.62. The van der Waals surface area contributed by atoms with Crippen LogP contribution in [0.4, 0.5) is 0 Å². The van der Waals surface area contributed by atoms with E-state index in [1.165, 1.54) is 0 Å². The summed E-state index contributed by atoms with van der Waals surface area (Å²) in [5.41, 5.74) is 2.78. The zero-order valence-electron chi connectivity index (χ0n) is 14.2. The summed E-state index contributed by atoms with van der Waals surface area (Å²) in [4.78, 5) is 14.8. The van der Waals surface area contributed by atoms with Gasteiger partial charge in [-0.05, 0) is 55.7 Å². The molecule has 1 fully saturated rings. The number of hydrogen-bond acceptors (Lipinski definition) is 3. The van der Waals surface area contributed by atoms with Crippen molar-refractivity contribution in [2.45, 2.75) is 25.8 Å². The van der Waals surface area contributed by atoms with Crippen LogP contribution in [0.2, 0.25) is 0 Å². The molecule has 6 heteroatoms. The van der Waals surface area contributed by atoms with Crippen molar-refractivity contribution in [3.8, 4) is 5.69 Å². The molecular weight excluding hydrogens is 314 g/mol. The van der Waals surface area contributed by atoms with Gasteiger partial charge < -0.3 is 4.90 Å². The molecule has 3 aromatic rings. The second kappa shape index (κ2) is 6.55. The number of piperidine rings is 1. The highest BCUT2D eigenvalue weighted by Gasteiger charge is 2.25. The Labute approximate surface area is 146 Å². The van der Waals surface area contributed by atoms with Crippen molar-refractivity contribution in [3.63, 3.8) is 0 Å². The molecule has 1 saturated heterocycles. The Hall–Kier alpha value is -2.89. The van der Waals surface area contributed by atoms with Crippen LogP contribution in [0.15, 0.2) is 55.1 Å². The van der Waals surface area contributed by atoms with Crippen molar-refractivity contribution < 1.29 is 4.79 Å². The van der Waals surface area contributed by atoms with Gasteiger partial charge in [-0.3, -0.25) is 9.48 Å².